The number of hydrogen-bond donors (Lipinski definition) is 3. The normalized spacial score (nSPS) is 21.3. The molecule has 2 rings (SSSR count). The number of aliphatic carboxylic acids is 1. The molecule has 2 amide bonds. The molecule has 1 aromatic heterocycles. The molecule has 22 heavy (non-hydrogen) atoms. The average Bonchev–Trinajstić information content (AvgIpc) is 2.96. The highest BCUT2D eigenvalue weighted by Crippen LogP contribution is 2.24. The molecule has 1 saturated carbocycles. The molecule has 6 nitrogen and oxygen atoms in total. The number of nitrogens with one attached hydrogen (secondary N) is 2. The van der Waals surface area contributed by atoms with Crippen molar-refractivity contribution in [3.05, 3.63) is 16.1 Å². The van der Waals surface area contributed by atoms with E-state index in [4.69, 9.17) is 5.11 Å². The third-order valence-corrected chi connectivity index (χ3v) is 5.19. The predicted molar refractivity (Wildman–Crippen MR) is 85.1 cm³/mol. The van der Waals surface area contributed by atoms with Crippen LogP contribution in [0.15, 0.2) is 6.20 Å². The van der Waals surface area contributed by atoms with Gasteiger partial charge in [-0.15, -0.1) is 11.3 Å². The Morgan fingerprint density at radius 3 is 2.68 bits per heavy atom. The quantitative estimate of drug-likeness (QED) is 0.747. The minimum Gasteiger partial charge on any atom is -0.481 e. The Balaban J connectivity index is 1.63. The number of thiazole rings is 1. The van der Waals surface area contributed by atoms with Crippen LogP contribution in [0.25, 0.3) is 0 Å². The van der Waals surface area contributed by atoms with Gasteiger partial charge in [-0.3, -0.25) is 4.79 Å². The maximum atomic E-state index is 11.8. The van der Waals surface area contributed by atoms with Gasteiger partial charge in [0.1, 0.15) is 0 Å². The third kappa shape index (κ3) is 4.98. The first-order chi connectivity index (χ1) is 10.6. The maximum absolute atomic E-state index is 11.8. The van der Waals surface area contributed by atoms with E-state index in [1.165, 1.54) is 4.88 Å². The second kappa shape index (κ2) is 8.12. The lowest BCUT2D eigenvalue weighted by atomic mass is 9.86. The van der Waals surface area contributed by atoms with E-state index >= 15 is 0 Å². The summed E-state index contributed by atoms with van der Waals surface area (Å²) in [7, 11) is 0. The molecule has 0 aromatic carbocycles. The number of amides is 2. The summed E-state index contributed by atoms with van der Waals surface area (Å²) in [5, 5.41) is 15.7. The van der Waals surface area contributed by atoms with Crippen LogP contribution in [0.3, 0.4) is 0 Å². The maximum Gasteiger partial charge on any atom is 0.315 e. The van der Waals surface area contributed by atoms with Gasteiger partial charge in [-0.05, 0) is 32.1 Å². The SMILES string of the molecule is CCc1cnc(CCNC(=O)NC2CCC(C(=O)O)CC2)s1. The monoisotopic (exact) mass is 325 g/mol. The molecule has 0 aliphatic heterocycles. The van der Waals surface area contributed by atoms with E-state index < -0.39 is 5.97 Å². The predicted octanol–water partition coefficient (Wildman–Crippen LogP) is 2.19. The molecule has 0 atom stereocenters. The van der Waals surface area contributed by atoms with Gasteiger partial charge >= 0.3 is 12.0 Å². The van der Waals surface area contributed by atoms with Crippen LogP contribution < -0.4 is 10.6 Å². The van der Waals surface area contributed by atoms with Gasteiger partial charge in [0.05, 0.1) is 10.9 Å². The highest BCUT2D eigenvalue weighted by molar-refractivity contribution is 7.11. The first-order valence-corrected chi connectivity index (χ1v) is 8.61. The zero-order valence-corrected chi connectivity index (χ0v) is 13.6. The van der Waals surface area contributed by atoms with E-state index in [1.807, 2.05) is 6.20 Å². The second-order valence-corrected chi connectivity index (χ2v) is 6.81. The minimum absolute atomic E-state index is 0.0853. The Labute approximate surface area is 134 Å². The Hall–Kier alpha value is -1.63. The zero-order chi connectivity index (χ0) is 15.9. The zero-order valence-electron chi connectivity index (χ0n) is 12.8. The van der Waals surface area contributed by atoms with Gasteiger partial charge in [0.25, 0.3) is 0 Å². The molecule has 3 N–H and O–H groups in total. The van der Waals surface area contributed by atoms with Gasteiger partial charge in [0, 0.05) is 30.1 Å². The van der Waals surface area contributed by atoms with E-state index in [-0.39, 0.29) is 18.0 Å². The van der Waals surface area contributed by atoms with Gasteiger partial charge in [0.2, 0.25) is 0 Å². The molecule has 0 saturated heterocycles. The van der Waals surface area contributed by atoms with Crippen molar-refractivity contribution in [3.8, 4) is 0 Å². The summed E-state index contributed by atoms with van der Waals surface area (Å²) in [6.07, 6.45) is 6.36. The van der Waals surface area contributed by atoms with Crippen molar-refractivity contribution < 1.29 is 14.7 Å². The Bertz CT molecular complexity index is 510. The Kier molecular flexibility index (Phi) is 6.18. The fourth-order valence-electron chi connectivity index (χ4n) is 2.63. The molecule has 122 valence electrons. The molecule has 1 aromatic rings. The molecular weight excluding hydrogens is 302 g/mol. The van der Waals surface area contributed by atoms with Crippen LogP contribution in [0.5, 0.6) is 0 Å². The lowest BCUT2D eigenvalue weighted by molar-refractivity contribution is -0.142. The van der Waals surface area contributed by atoms with Gasteiger partial charge in [0.15, 0.2) is 0 Å². The molecule has 1 aliphatic rings. The molecule has 7 heteroatoms. The van der Waals surface area contributed by atoms with E-state index in [0.717, 1.165) is 30.7 Å². The number of hydrogen-bond acceptors (Lipinski definition) is 4. The van der Waals surface area contributed by atoms with Crippen LogP contribution in [-0.4, -0.2) is 34.7 Å². The van der Waals surface area contributed by atoms with E-state index in [1.54, 1.807) is 11.3 Å². The number of rotatable bonds is 6. The van der Waals surface area contributed by atoms with Crippen LogP contribution in [-0.2, 0) is 17.6 Å². The van der Waals surface area contributed by atoms with Crippen LogP contribution in [0.2, 0.25) is 0 Å². The lowest BCUT2D eigenvalue weighted by Crippen LogP contribution is -2.44. The summed E-state index contributed by atoms with van der Waals surface area (Å²) in [6.45, 7) is 2.66. The van der Waals surface area contributed by atoms with Gasteiger partial charge < -0.3 is 15.7 Å². The smallest absolute Gasteiger partial charge is 0.315 e. The van der Waals surface area contributed by atoms with Crippen LogP contribution in [0.1, 0.15) is 42.5 Å². The largest absolute Gasteiger partial charge is 0.481 e. The van der Waals surface area contributed by atoms with Gasteiger partial charge in [-0.25, -0.2) is 9.78 Å². The highest BCUT2D eigenvalue weighted by atomic mass is 32.1. The van der Waals surface area contributed by atoms with Crippen molar-refractivity contribution in [2.45, 2.75) is 51.5 Å². The second-order valence-electron chi connectivity index (χ2n) is 5.61. The average molecular weight is 325 g/mol. The number of carboxylic acids is 1. The van der Waals surface area contributed by atoms with E-state index in [9.17, 15) is 9.59 Å². The summed E-state index contributed by atoms with van der Waals surface area (Å²) >= 11 is 1.68. The minimum atomic E-state index is -0.724. The number of urea groups is 1. The third-order valence-electron chi connectivity index (χ3n) is 3.99. The standard InChI is InChI=1S/C15H23N3O3S/c1-2-12-9-17-13(22-12)7-8-16-15(21)18-11-5-3-10(4-6-11)14(19)20/h9-11H,2-8H2,1H3,(H,19,20)(H2,16,18,21). The number of carbonyl (C=O) groups is 2. The summed E-state index contributed by atoms with van der Waals surface area (Å²) in [4.78, 5) is 28.3. The number of carbonyl (C=O) groups excluding carboxylic acids is 1. The Morgan fingerprint density at radius 2 is 2.09 bits per heavy atom. The summed E-state index contributed by atoms with van der Waals surface area (Å²) in [6, 6.07) is -0.0896. The van der Waals surface area contributed by atoms with Crippen molar-refractivity contribution in [1.82, 2.24) is 15.6 Å². The van der Waals surface area contributed by atoms with Crippen LogP contribution >= 0.6 is 11.3 Å². The van der Waals surface area contributed by atoms with Crippen LogP contribution in [0, 0.1) is 5.92 Å². The first-order valence-electron chi connectivity index (χ1n) is 7.79. The number of aromatic nitrogens is 1. The molecule has 1 fully saturated rings. The fourth-order valence-corrected chi connectivity index (χ4v) is 3.49. The Morgan fingerprint density at radius 1 is 1.36 bits per heavy atom. The summed E-state index contributed by atoms with van der Waals surface area (Å²) < 4.78 is 0. The summed E-state index contributed by atoms with van der Waals surface area (Å²) in [5.74, 6) is -0.975. The molecule has 1 heterocycles. The number of nitrogens with zero attached hydrogens (tertiary/aromatic N) is 1. The van der Waals surface area contributed by atoms with Gasteiger partial charge in [-0.1, -0.05) is 6.92 Å². The van der Waals surface area contributed by atoms with Crippen molar-refractivity contribution >= 4 is 23.3 Å². The van der Waals surface area contributed by atoms with Crippen molar-refractivity contribution in [2.75, 3.05) is 6.54 Å². The number of carboxylic acid groups (broad SMARTS) is 1. The molecule has 0 unspecified atom stereocenters. The molecular formula is C15H23N3O3S. The topological polar surface area (TPSA) is 91.3 Å². The van der Waals surface area contributed by atoms with Crippen LogP contribution in [0.4, 0.5) is 4.79 Å². The first kappa shape index (κ1) is 16.7. The fraction of sp³-hybridized carbons (Fsp3) is 0.667. The van der Waals surface area contributed by atoms with Crippen molar-refractivity contribution in [3.63, 3.8) is 0 Å². The summed E-state index contributed by atoms with van der Waals surface area (Å²) in [5.41, 5.74) is 0. The lowest BCUT2D eigenvalue weighted by Gasteiger charge is -2.26. The van der Waals surface area contributed by atoms with E-state index in [2.05, 4.69) is 22.5 Å². The molecule has 0 bridgehead atoms. The molecule has 1 aliphatic carbocycles. The van der Waals surface area contributed by atoms with Crippen molar-refractivity contribution in [2.24, 2.45) is 5.92 Å². The van der Waals surface area contributed by atoms with Crippen molar-refractivity contribution in [1.29, 1.82) is 0 Å². The van der Waals surface area contributed by atoms with Gasteiger partial charge in [-0.2, -0.15) is 0 Å². The molecule has 0 spiro atoms. The number of aryl methyl sites for hydroxylation is 1. The highest BCUT2D eigenvalue weighted by Gasteiger charge is 2.26. The van der Waals surface area contributed by atoms with E-state index in [0.29, 0.717) is 19.4 Å². The molecule has 0 radical (unpaired) electrons.